The van der Waals surface area contributed by atoms with Gasteiger partial charge in [0.2, 0.25) is 5.91 Å². The van der Waals surface area contributed by atoms with Crippen molar-refractivity contribution in [3.8, 4) is 0 Å². The maximum Gasteiger partial charge on any atom is 0.245 e. The highest BCUT2D eigenvalue weighted by molar-refractivity contribution is 7.15. The number of rotatable bonds is 6. The van der Waals surface area contributed by atoms with Gasteiger partial charge in [-0.1, -0.05) is 47.5 Å². The maximum absolute atomic E-state index is 12.2. The van der Waals surface area contributed by atoms with Crippen molar-refractivity contribution in [2.24, 2.45) is 0 Å². The molecule has 0 spiro atoms. The van der Waals surface area contributed by atoms with Gasteiger partial charge >= 0.3 is 0 Å². The van der Waals surface area contributed by atoms with Gasteiger partial charge in [0.25, 0.3) is 0 Å². The average molecular weight is 366 g/mol. The Labute approximate surface area is 158 Å². The van der Waals surface area contributed by atoms with Crippen LogP contribution in [0.5, 0.6) is 0 Å². The molecule has 3 rings (SSSR count). The minimum absolute atomic E-state index is 0.0961. The van der Waals surface area contributed by atoms with Gasteiger partial charge in [0, 0.05) is 23.2 Å². The number of hydrogen-bond acceptors (Lipinski definition) is 4. The Morgan fingerprint density at radius 2 is 1.77 bits per heavy atom. The first-order valence-electron chi connectivity index (χ1n) is 8.61. The zero-order chi connectivity index (χ0) is 18.5. The fraction of sp³-hybridized carbons (Fsp3) is 0.238. The van der Waals surface area contributed by atoms with Crippen molar-refractivity contribution in [1.29, 1.82) is 0 Å². The van der Waals surface area contributed by atoms with Crippen LogP contribution in [0, 0.1) is 20.8 Å². The lowest BCUT2D eigenvalue weighted by atomic mass is 10.1. The van der Waals surface area contributed by atoms with E-state index in [4.69, 9.17) is 0 Å². The molecule has 2 N–H and O–H groups in total. The molecule has 0 atom stereocenters. The first-order chi connectivity index (χ1) is 12.5. The first kappa shape index (κ1) is 18.1. The molecule has 0 saturated carbocycles. The van der Waals surface area contributed by atoms with Crippen LogP contribution in [0.1, 0.15) is 27.1 Å². The zero-order valence-corrected chi connectivity index (χ0v) is 16.1. The molecule has 0 saturated heterocycles. The summed E-state index contributed by atoms with van der Waals surface area (Å²) < 4.78 is 0. The van der Waals surface area contributed by atoms with Crippen LogP contribution >= 0.6 is 11.3 Å². The number of nitrogens with zero attached hydrogens (tertiary/aromatic N) is 1. The summed E-state index contributed by atoms with van der Waals surface area (Å²) in [6.45, 7) is 6.39. The van der Waals surface area contributed by atoms with Crippen LogP contribution in [-0.4, -0.2) is 17.4 Å². The van der Waals surface area contributed by atoms with Crippen LogP contribution in [0.15, 0.2) is 48.7 Å². The molecule has 0 aliphatic rings. The maximum atomic E-state index is 12.2. The quantitative estimate of drug-likeness (QED) is 0.665. The van der Waals surface area contributed by atoms with Gasteiger partial charge in [0.1, 0.15) is 0 Å². The molecule has 0 fully saturated rings. The fourth-order valence-electron chi connectivity index (χ4n) is 2.71. The third-order valence-corrected chi connectivity index (χ3v) is 5.03. The average Bonchev–Trinajstić information content (AvgIpc) is 3.03. The minimum atomic E-state index is -0.0961. The fourth-order valence-corrected chi connectivity index (χ4v) is 3.57. The summed E-state index contributed by atoms with van der Waals surface area (Å²) in [5.41, 5.74) is 5.81. The largest absolute Gasteiger partial charge is 0.376 e. The highest BCUT2D eigenvalue weighted by atomic mass is 32.1. The molecule has 0 radical (unpaired) electrons. The molecule has 134 valence electrons. The number of anilines is 2. The topological polar surface area (TPSA) is 54.0 Å². The van der Waals surface area contributed by atoms with Crippen molar-refractivity contribution in [2.75, 3.05) is 17.2 Å². The van der Waals surface area contributed by atoms with Gasteiger partial charge in [-0.2, -0.15) is 0 Å². The highest BCUT2D eigenvalue weighted by Crippen LogP contribution is 2.21. The van der Waals surface area contributed by atoms with Crippen LogP contribution < -0.4 is 10.6 Å². The number of hydrogen-bond donors (Lipinski definition) is 2. The number of thiazole rings is 1. The van der Waals surface area contributed by atoms with Crippen molar-refractivity contribution in [1.82, 2.24) is 4.98 Å². The van der Waals surface area contributed by atoms with E-state index in [1.54, 1.807) is 0 Å². The Bertz CT molecular complexity index is 900. The monoisotopic (exact) mass is 365 g/mol. The van der Waals surface area contributed by atoms with Gasteiger partial charge in [-0.3, -0.25) is 4.79 Å². The van der Waals surface area contributed by atoms with Gasteiger partial charge in [0.05, 0.1) is 6.54 Å². The van der Waals surface area contributed by atoms with E-state index in [1.165, 1.54) is 28.0 Å². The first-order valence-corrected chi connectivity index (χ1v) is 9.42. The lowest BCUT2D eigenvalue weighted by molar-refractivity contribution is -0.114. The predicted molar refractivity (Wildman–Crippen MR) is 109 cm³/mol. The molecular formula is C21H23N3OS. The summed E-state index contributed by atoms with van der Waals surface area (Å²) in [7, 11) is 0. The summed E-state index contributed by atoms with van der Waals surface area (Å²) in [5, 5.41) is 6.68. The second kappa shape index (κ2) is 8.15. The molecule has 1 amide bonds. The summed E-state index contributed by atoms with van der Waals surface area (Å²) >= 11 is 1.52. The van der Waals surface area contributed by atoms with Crippen LogP contribution in [0.3, 0.4) is 0 Å². The Morgan fingerprint density at radius 1 is 1.04 bits per heavy atom. The van der Waals surface area contributed by atoms with Gasteiger partial charge in [-0.25, -0.2) is 4.98 Å². The van der Waals surface area contributed by atoms with E-state index in [-0.39, 0.29) is 12.5 Å². The third kappa shape index (κ3) is 4.92. The van der Waals surface area contributed by atoms with Crippen LogP contribution in [0.2, 0.25) is 0 Å². The van der Waals surface area contributed by atoms with Crippen molar-refractivity contribution >= 4 is 28.1 Å². The summed E-state index contributed by atoms with van der Waals surface area (Å²) in [6, 6.07) is 14.6. The molecule has 4 nitrogen and oxygen atoms in total. The molecular weight excluding hydrogens is 342 g/mol. The van der Waals surface area contributed by atoms with E-state index in [1.807, 2.05) is 25.3 Å². The molecule has 1 aromatic heterocycles. The smallest absolute Gasteiger partial charge is 0.245 e. The normalized spacial score (nSPS) is 10.6. The zero-order valence-electron chi connectivity index (χ0n) is 15.3. The molecule has 3 aromatic rings. The van der Waals surface area contributed by atoms with E-state index in [0.29, 0.717) is 5.13 Å². The van der Waals surface area contributed by atoms with Gasteiger partial charge in [-0.05, 0) is 38.0 Å². The second-order valence-corrected chi connectivity index (χ2v) is 7.63. The number of aromatic nitrogens is 1. The molecule has 26 heavy (non-hydrogen) atoms. The Morgan fingerprint density at radius 3 is 2.50 bits per heavy atom. The standard InChI is InChI=1S/C21H23N3OS/c1-14-4-7-17(8-5-14)11-18-12-23-21(26-18)24-20(25)13-22-19-9-6-15(2)10-16(19)3/h4-10,12,22H,11,13H2,1-3H3,(H,23,24,25). The SMILES string of the molecule is Cc1ccc(Cc2cnc(NC(=O)CNc3ccc(C)cc3C)s2)cc1. The van der Waals surface area contributed by atoms with Crippen molar-refractivity contribution in [3.05, 3.63) is 75.8 Å². The Kier molecular flexibility index (Phi) is 5.68. The predicted octanol–water partition coefficient (Wildman–Crippen LogP) is 4.71. The number of nitrogens with one attached hydrogen (secondary N) is 2. The number of carbonyl (C=O) groups is 1. The Hall–Kier alpha value is -2.66. The van der Waals surface area contributed by atoms with Crippen LogP contribution in [0.4, 0.5) is 10.8 Å². The lowest BCUT2D eigenvalue weighted by Gasteiger charge is -2.09. The van der Waals surface area contributed by atoms with Crippen molar-refractivity contribution < 1.29 is 4.79 Å². The van der Waals surface area contributed by atoms with Crippen molar-refractivity contribution in [2.45, 2.75) is 27.2 Å². The molecule has 0 unspecified atom stereocenters. The van der Waals surface area contributed by atoms with Gasteiger partial charge < -0.3 is 10.6 Å². The third-order valence-electron chi connectivity index (χ3n) is 4.12. The van der Waals surface area contributed by atoms with Gasteiger partial charge in [0.15, 0.2) is 5.13 Å². The second-order valence-electron chi connectivity index (χ2n) is 6.51. The van der Waals surface area contributed by atoms with E-state index in [2.05, 4.69) is 59.8 Å². The summed E-state index contributed by atoms with van der Waals surface area (Å²) in [4.78, 5) is 17.6. The highest BCUT2D eigenvalue weighted by Gasteiger charge is 2.08. The van der Waals surface area contributed by atoms with E-state index >= 15 is 0 Å². The van der Waals surface area contributed by atoms with Gasteiger partial charge in [-0.15, -0.1) is 11.3 Å². The van der Waals surface area contributed by atoms with Crippen molar-refractivity contribution in [3.63, 3.8) is 0 Å². The number of benzene rings is 2. The summed E-state index contributed by atoms with van der Waals surface area (Å²) in [5.74, 6) is -0.0961. The van der Waals surface area contributed by atoms with Crippen LogP contribution in [0.25, 0.3) is 0 Å². The minimum Gasteiger partial charge on any atom is -0.376 e. The Balaban J connectivity index is 1.53. The molecule has 1 heterocycles. The molecule has 5 heteroatoms. The number of amides is 1. The van der Waals surface area contributed by atoms with Crippen LogP contribution in [-0.2, 0) is 11.2 Å². The summed E-state index contributed by atoms with van der Waals surface area (Å²) in [6.07, 6.45) is 2.66. The molecule has 0 aliphatic heterocycles. The molecule has 2 aromatic carbocycles. The number of aryl methyl sites for hydroxylation is 3. The van der Waals surface area contributed by atoms with E-state index in [9.17, 15) is 4.79 Å². The molecule has 0 aliphatic carbocycles. The van der Waals surface area contributed by atoms with E-state index < -0.39 is 0 Å². The lowest BCUT2D eigenvalue weighted by Crippen LogP contribution is -2.21. The number of carbonyl (C=O) groups excluding carboxylic acids is 1. The van der Waals surface area contributed by atoms with E-state index in [0.717, 1.165) is 22.5 Å². The molecule has 0 bridgehead atoms.